The topological polar surface area (TPSA) is 215 Å². The van der Waals surface area contributed by atoms with Crippen molar-refractivity contribution in [3.05, 3.63) is 71.6 Å². The standard InChI is InChI=1S/C24H14ClF2N5O10S3/c25-18-22(26)29-24(27)30-23(18)28-11-4-5-12-10(8-11)9-17(44-42-40-35)19(20(12)33)32-31-15-7-6-13-14(21(15)45(36,37)38)2-1-3-16(13)43-41-39-34/h1-9,33-35H,(H,28,29,30)(H,36,37,38)/b32-31+. The van der Waals surface area contributed by atoms with Crippen LogP contribution in [0.5, 0.6) is 5.75 Å². The number of halogens is 3. The predicted molar refractivity (Wildman–Crippen MR) is 155 cm³/mol. The molecule has 0 atom stereocenters. The Kier molecular flexibility index (Phi) is 9.91. The molecular formula is C24H14ClF2N5O10S3. The summed E-state index contributed by atoms with van der Waals surface area (Å²) in [6, 6.07) is 12.7. The summed E-state index contributed by atoms with van der Waals surface area (Å²) in [5, 5.41) is 46.3. The maximum Gasteiger partial charge on any atom is 0.313 e. The van der Waals surface area contributed by atoms with Crippen LogP contribution in [0.1, 0.15) is 0 Å². The SMILES string of the molecule is O=S(=O)(O)c1c(/N=N/c2c(SOOO)cc3cc(Nc4nc(F)nc(F)c4Cl)ccc3c2O)ccc2c(SOOO)cccc12. The smallest absolute Gasteiger partial charge is 0.313 e. The van der Waals surface area contributed by atoms with E-state index in [4.69, 9.17) is 22.1 Å². The lowest BCUT2D eigenvalue weighted by Crippen LogP contribution is -2.02. The van der Waals surface area contributed by atoms with Crippen molar-refractivity contribution < 1.29 is 56.1 Å². The van der Waals surface area contributed by atoms with Crippen LogP contribution in [0.4, 0.5) is 31.7 Å². The van der Waals surface area contributed by atoms with Gasteiger partial charge in [0.15, 0.2) is 11.6 Å². The van der Waals surface area contributed by atoms with Gasteiger partial charge in [0, 0.05) is 21.4 Å². The quantitative estimate of drug-likeness (QED) is 0.0170. The van der Waals surface area contributed by atoms with E-state index in [0.717, 1.165) is 0 Å². The van der Waals surface area contributed by atoms with Crippen molar-refractivity contribution in [2.24, 2.45) is 10.2 Å². The van der Waals surface area contributed by atoms with Crippen LogP contribution in [-0.2, 0) is 28.9 Å². The highest BCUT2D eigenvalue weighted by Gasteiger charge is 2.22. The van der Waals surface area contributed by atoms with E-state index in [-0.39, 0.29) is 43.9 Å². The maximum atomic E-state index is 13.8. The highest BCUT2D eigenvalue weighted by atomic mass is 35.5. The van der Waals surface area contributed by atoms with Crippen LogP contribution >= 0.6 is 35.7 Å². The van der Waals surface area contributed by atoms with E-state index in [1.54, 1.807) is 0 Å². The monoisotopic (exact) mass is 701 g/mol. The Morgan fingerprint density at radius 3 is 2.31 bits per heavy atom. The van der Waals surface area contributed by atoms with Gasteiger partial charge in [-0.15, -0.1) is 18.9 Å². The zero-order valence-electron chi connectivity index (χ0n) is 21.6. The minimum atomic E-state index is -4.91. The van der Waals surface area contributed by atoms with Gasteiger partial charge in [-0.1, -0.05) is 39.9 Å². The van der Waals surface area contributed by atoms with E-state index in [9.17, 15) is 26.9 Å². The summed E-state index contributed by atoms with van der Waals surface area (Å²) in [5.41, 5.74) is -0.372. The number of aromatic nitrogens is 2. The van der Waals surface area contributed by atoms with Crippen LogP contribution in [0.25, 0.3) is 21.5 Å². The summed E-state index contributed by atoms with van der Waals surface area (Å²) in [4.78, 5) is 5.98. The molecule has 0 fully saturated rings. The summed E-state index contributed by atoms with van der Waals surface area (Å²) < 4.78 is 71.2. The van der Waals surface area contributed by atoms with Gasteiger partial charge in [-0.25, -0.2) is 10.5 Å². The molecule has 1 heterocycles. The van der Waals surface area contributed by atoms with Gasteiger partial charge in [0.1, 0.15) is 21.3 Å². The second kappa shape index (κ2) is 13.7. The second-order valence-corrected chi connectivity index (χ2v) is 11.7. The lowest BCUT2D eigenvalue weighted by molar-refractivity contribution is -0.432. The molecule has 1 aromatic heterocycles. The largest absolute Gasteiger partial charge is 0.505 e. The zero-order valence-corrected chi connectivity index (χ0v) is 24.8. The number of phenols is 1. The number of aromatic hydroxyl groups is 1. The molecule has 0 amide bonds. The minimum absolute atomic E-state index is 0.0124. The number of hydrogen-bond donors (Lipinski definition) is 5. The number of azo groups is 1. The lowest BCUT2D eigenvalue weighted by atomic mass is 10.1. The Morgan fingerprint density at radius 1 is 0.889 bits per heavy atom. The Balaban J connectivity index is 1.60. The van der Waals surface area contributed by atoms with Crippen LogP contribution in [0.3, 0.4) is 0 Å². The molecule has 0 aliphatic rings. The number of nitrogens with zero attached hydrogens (tertiary/aromatic N) is 4. The normalized spacial score (nSPS) is 12.0. The molecule has 0 aliphatic carbocycles. The molecule has 0 radical (unpaired) electrons. The number of fused-ring (bicyclic) bond motifs is 2. The molecule has 0 saturated carbocycles. The summed E-state index contributed by atoms with van der Waals surface area (Å²) in [6.07, 6.45) is -1.36. The number of anilines is 2. The van der Waals surface area contributed by atoms with Crippen molar-refractivity contribution in [1.29, 1.82) is 0 Å². The van der Waals surface area contributed by atoms with Gasteiger partial charge in [-0.3, -0.25) is 4.55 Å². The van der Waals surface area contributed by atoms with Gasteiger partial charge >= 0.3 is 6.08 Å². The maximum absolute atomic E-state index is 13.8. The average Bonchev–Trinajstić information content (AvgIpc) is 3.00. The van der Waals surface area contributed by atoms with E-state index in [1.165, 1.54) is 54.6 Å². The van der Waals surface area contributed by atoms with E-state index >= 15 is 0 Å². The fourth-order valence-electron chi connectivity index (χ4n) is 4.12. The molecule has 15 nitrogen and oxygen atoms in total. The van der Waals surface area contributed by atoms with Crippen molar-refractivity contribution in [3.8, 4) is 5.75 Å². The molecule has 4 aromatic carbocycles. The molecule has 0 saturated heterocycles. The van der Waals surface area contributed by atoms with Crippen molar-refractivity contribution >= 4 is 90.2 Å². The first-order valence-corrected chi connectivity index (χ1v) is 15.0. The molecule has 21 heteroatoms. The van der Waals surface area contributed by atoms with E-state index in [2.05, 4.69) is 44.3 Å². The number of nitrogens with one attached hydrogen (secondary N) is 1. The predicted octanol–water partition coefficient (Wildman–Crippen LogP) is 7.68. The summed E-state index contributed by atoms with van der Waals surface area (Å²) in [7, 11) is -4.91. The third kappa shape index (κ3) is 7.05. The lowest BCUT2D eigenvalue weighted by Gasteiger charge is -2.12. The van der Waals surface area contributed by atoms with E-state index in [1.807, 2.05) is 0 Å². The van der Waals surface area contributed by atoms with Crippen LogP contribution in [-0.4, -0.2) is 38.6 Å². The molecule has 234 valence electrons. The van der Waals surface area contributed by atoms with Gasteiger partial charge < -0.3 is 10.4 Å². The Labute approximate surface area is 263 Å². The number of benzene rings is 4. The van der Waals surface area contributed by atoms with E-state index in [0.29, 0.717) is 34.4 Å². The van der Waals surface area contributed by atoms with Gasteiger partial charge in [0.25, 0.3) is 10.1 Å². The van der Waals surface area contributed by atoms with Crippen LogP contribution in [0.2, 0.25) is 5.02 Å². The van der Waals surface area contributed by atoms with Crippen LogP contribution in [0, 0.1) is 12.0 Å². The van der Waals surface area contributed by atoms with E-state index < -0.39 is 37.8 Å². The highest BCUT2D eigenvalue weighted by molar-refractivity contribution is 7.95. The van der Waals surface area contributed by atoms with Crippen molar-refractivity contribution in [2.75, 3.05) is 5.32 Å². The molecule has 0 aliphatic heterocycles. The Morgan fingerprint density at radius 2 is 1.60 bits per heavy atom. The van der Waals surface area contributed by atoms with Crippen LogP contribution in [0.15, 0.2) is 79.5 Å². The molecule has 0 spiro atoms. The Hall–Kier alpha value is -3.80. The number of hydrogen-bond acceptors (Lipinski definition) is 16. The Bertz CT molecular complexity index is 2080. The molecule has 5 rings (SSSR count). The third-order valence-corrected chi connectivity index (χ3v) is 8.44. The van der Waals surface area contributed by atoms with Gasteiger partial charge in [-0.2, -0.15) is 27.2 Å². The van der Waals surface area contributed by atoms with Crippen molar-refractivity contribution in [3.63, 3.8) is 0 Å². The van der Waals surface area contributed by atoms with Crippen molar-refractivity contribution in [2.45, 2.75) is 14.7 Å². The fourth-order valence-corrected chi connectivity index (χ4v) is 6.08. The first-order valence-electron chi connectivity index (χ1n) is 11.7. The number of phenolic OH excluding ortho intramolecular Hbond substituents is 1. The number of rotatable bonds is 11. The molecule has 5 N–H and O–H groups in total. The third-order valence-electron chi connectivity index (χ3n) is 5.87. The molecular weight excluding hydrogens is 688 g/mol. The minimum Gasteiger partial charge on any atom is -0.505 e. The second-order valence-electron chi connectivity index (χ2n) is 8.47. The van der Waals surface area contributed by atoms with Crippen molar-refractivity contribution in [1.82, 2.24) is 9.97 Å². The first kappa shape index (κ1) is 32.6. The highest BCUT2D eigenvalue weighted by Crippen LogP contribution is 2.45. The summed E-state index contributed by atoms with van der Waals surface area (Å²) in [5.74, 6) is -2.14. The first-order chi connectivity index (χ1) is 21.5. The van der Waals surface area contributed by atoms with Crippen LogP contribution < -0.4 is 5.32 Å². The molecule has 5 aromatic rings. The average molecular weight is 702 g/mol. The summed E-state index contributed by atoms with van der Waals surface area (Å²) >= 11 is 6.77. The summed E-state index contributed by atoms with van der Waals surface area (Å²) in [6.45, 7) is 0. The zero-order chi connectivity index (χ0) is 32.3. The van der Waals surface area contributed by atoms with Gasteiger partial charge in [0.05, 0.1) is 29.0 Å². The molecule has 0 bridgehead atoms. The molecule has 0 unspecified atom stereocenters. The van der Waals surface area contributed by atoms with Gasteiger partial charge in [0.2, 0.25) is 5.95 Å². The molecule has 45 heavy (non-hydrogen) atoms. The van der Waals surface area contributed by atoms with Gasteiger partial charge in [-0.05, 0) is 47.2 Å². The fraction of sp³-hybridized carbons (Fsp3) is 0.